The molecule has 0 radical (unpaired) electrons. The van der Waals surface area contributed by atoms with Gasteiger partial charge in [-0.05, 0) is 31.2 Å². The predicted octanol–water partition coefficient (Wildman–Crippen LogP) is 2.84. The molecule has 0 unspecified atom stereocenters. The number of pyridine rings is 2. The van der Waals surface area contributed by atoms with Crippen LogP contribution in [0.1, 0.15) is 6.92 Å². The third-order valence-corrected chi connectivity index (χ3v) is 4.04. The Bertz CT molecular complexity index is 1120. The number of hydrogen-bond donors (Lipinski definition) is 1. The van der Waals surface area contributed by atoms with Crippen LogP contribution in [0.4, 0.5) is 0 Å². The van der Waals surface area contributed by atoms with E-state index in [0.29, 0.717) is 28.8 Å². The van der Waals surface area contributed by atoms with Crippen LogP contribution in [0.25, 0.3) is 33.7 Å². The summed E-state index contributed by atoms with van der Waals surface area (Å²) in [5, 5.41) is 15.1. The first-order valence-corrected chi connectivity index (χ1v) is 7.79. The van der Waals surface area contributed by atoms with E-state index in [9.17, 15) is 9.90 Å². The number of para-hydroxylation sites is 1. The average Bonchev–Trinajstić information content (AvgIpc) is 3.13. The summed E-state index contributed by atoms with van der Waals surface area (Å²) in [6, 6.07) is 10.6. The van der Waals surface area contributed by atoms with E-state index >= 15 is 0 Å². The Morgan fingerprint density at radius 2 is 1.92 bits per heavy atom. The van der Waals surface area contributed by atoms with Crippen LogP contribution in [0.2, 0.25) is 0 Å². The first kappa shape index (κ1) is 15.1. The van der Waals surface area contributed by atoms with Gasteiger partial charge in [0, 0.05) is 29.9 Å². The lowest BCUT2D eigenvalue weighted by Gasteiger charge is -2.11. The number of fused-ring (bicyclic) bond motifs is 1. The Morgan fingerprint density at radius 3 is 2.68 bits per heavy atom. The summed E-state index contributed by atoms with van der Waals surface area (Å²) in [7, 11) is 0. The molecule has 0 bridgehead atoms. The maximum Gasteiger partial charge on any atom is 0.267 e. The van der Waals surface area contributed by atoms with E-state index < -0.39 is 0 Å². The minimum Gasteiger partial charge on any atom is -0.506 e. The van der Waals surface area contributed by atoms with E-state index in [1.54, 1.807) is 47.3 Å². The summed E-state index contributed by atoms with van der Waals surface area (Å²) < 4.78 is 6.83. The van der Waals surface area contributed by atoms with Gasteiger partial charge in [-0.15, -0.1) is 0 Å². The third kappa shape index (κ3) is 2.37. The number of hydrogen-bond acceptors (Lipinski definition) is 6. The molecule has 3 aromatic heterocycles. The fourth-order valence-electron chi connectivity index (χ4n) is 2.84. The van der Waals surface area contributed by atoms with E-state index in [1.165, 1.54) is 0 Å². The van der Waals surface area contributed by atoms with Gasteiger partial charge in [0.15, 0.2) is 0 Å². The molecular weight excluding hydrogens is 320 g/mol. The molecule has 0 saturated heterocycles. The minimum absolute atomic E-state index is 0.00774. The lowest BCUT2D eigenvalue weighted by molar-refractivity contribution is 0.425. The normalized spacial score (nSPS) is 11.1. The molecule has 0 atom stereocenters. The molecular formula is C18H14N4O3. The SMILES string of the molecule is CCn1c(=O)c(-c2nc(-c3ccncc3)no2)c(O)c2ccccc21. The molecule has 0 aliphatic heterocycles. The first-order valence-electron chi connectivity index (χ1n) is 7.79. The van der Waals surface area contributed by atoms with Gasteiger partial charge in [0.05, 0.1) is 5.52 Å². The summed E-state index contributed by atoms with van der Waals surface area (Å²) >= 11 is 0. The highest BCUT2D eigenvalue weighted by molar-refractivity contribution is 5.90. The fraction of sp³-hybridized carbons (Fsp3) is 0.111. The number of aromatic hydroxyl groups is 1. The average molecular weight is 334 g/mol. The van der Waals surface area contributed by atoms with Gasteiger partial charge in [0.25, 0.3) is 11.4 Å². The number of rotatable bonds is 3. The molecule has 0 aliphatic rings. The maximum absolute atomic E-state index is 12.8. The Balaban J connectivity index is 1.96. The van der Waals surface area contributed by atoms with Gasteiger partial charge >= 0.3 is 0 Å². The lowest BCUT2D eigenvalue weighted by Crippen LogP contribution is -2.21. The Labute approximate surface area is 142 Å². The highest BCUT2D eigenvalue weighted by Crippen LogP contribution is 2.32. The molecule has 124 valence electrons. The van der Waals surface area contributed by atoms with Gasteiger partial charge in [0.2, 0.25) is 5.82 Å². The molecule has 0 amide bonds. The molecule has 0 aliphatic carbocycles. The smallest absolute Gasteiger partial charge is 0.267 e. The van der Waals surface area contributed by atoms with Crippen LogP contribution >= 0.6 is 0 Å². The Hall–Kier alpha value is -3.48. The molecule has 1 N–H and O–H groups in total. The van der Waals surface area contributed by atoms with Crippen molar-refractivity contribution in [3.63, 3.8) is 0 Å². The van der Waals surface area contributed by atoms with Crippen molar-refractivity contribution < 1.29 is 9.63 Å². The highest BCUT2D eigenvalue weighted by Gasteiger charge is 2.22. The summed E-state index contributed by atoms with van der Waals surface area (Å²) in [6.07, 6.45) is 3.23. The predicted molar refractivity (Wildman–Crippen MR) is 92.1 cm³/mol. The summed E-state index contributed by atoms with van der Waals surface area (Å²) in [5.74, 6) is 0.157. The Morgan fingerprint density at radius 1 is 1.16 bits per heavy atom. The second kappa shape index (κ2) is 5.86. The van der Waals surface area contributed by atoms with Crippen LogP contribution in [0.3, 0.4) is 0 Å². The topological polar surface area (TPSA) is 94.0 Å². The standard InChI is InChI=1S/C18H14N4O3/c1-2-22-13-6-4-3-5-12(13)15(23)14(18(22)24)17-20-16(21-25-17)11-7-9-19-10-8-11/h3-10,23H,2H2,1H3. The van der Waals surface area contributed by atoms with Gasteiger partial charge < -0.3 is 14.2 Å². The van der Waals surface area contributed by atoms with Crippen molar-refractivity contribution in [1.29, 1.82) is 0 Å². The Kier molecular flexibility index (Phi) is 3.53. The van der Waals surface area contributed by atoms with E-state index in [2.05, 4.69) is 15.1 Å². The number of aromatic nitrogens is 4. The van der Waals surface area contributed by atoms with Crippen LogP contribution in [0.15, 0.2) is 58.1 Å². The molecule has 4 aromatic rings. The van der Waals surface area contributed by atoms with Crippen molar-refractivity contribution in [2.45, 2.75) is 13.5 Å². The van der Waals surface area contributed by atoms with Crippen molar-refractivity contribution in [3.05, 3.63) is 59.1 Å². The van der Waals surface area contributed by atoms with Crippen molar-refractivity contribution in [2.24, 2.45) is 0 Å². The number of nitrogens with zero attached hydrogens (tertiary/aromatic N) is 4. The van der Waals surface area contributed by atoms with E-state index in [1.807, 2.05) is 13.0 Å². The zero-order chi connectivity index (χ0) is 17.4. The van der Waals surface area contributed by atoms with E-state index in [0.717, 1.165) is 0 Å². The maximum atomic E-state index is 12.8. The third-order valence-electron chi connectivity index (χ3n) is 4.04. The number of benzene rings is 1. The molecule has 7 nitrogen and oxygen atoms in total. The molecule has 1 aromatic carbocycles. The zero-order valence-electron chi connectivity index (χ0n) is 13.4. The van der Waals surface area contributed by atoms with Gasteiger partial charge in [-0.25, -0.2) is 0 Å². The second-order valence-electron chi connectivity index (χ2n) is 5.45. The van der Waals surface area contributed by atoms with Gasteiger partial charge in [-0.3, -0.25) is 9.78 Å². The van der Waals surface area contributed by atoms with Crippen LogP contribution in [0, 0.1) is 0 Å². The van der Waals surface area contributed by atoms with Gasteiger partial charge in [-0.1, -0.05) is 17.3 Å². The lowest BCUT2D eigenvalue weighted by atomic mass is 10.1. The first-order chi connectivity index (χ1) is 12.2. The number of aryl methyl sites for hydroxylation is 1. The fourth-order valence-corrected chi connectivity index (χ4v) is 2.84. The van der Waals surface area contributed by atoms with Crippen molar-refractivity contribution in [1.82, 2.24) is 19.7 Å². The molecule has 3 heterocycles. The molecule has 0 spiro atoms. The van der Waals surface area contributed by atoms with Crippen LogP contribution in [-0.4, -0.2) is 24.8 Å². The van der Waals surface area contributed by atoms with Crippen LogP contribution < -0.4 is 5.56 Å². The summed E-state index contributed by atoms with van der Waals surface area (Å²) in [6.45, 7) is 2.32. The van der Waals surface area contributed by atoms with Crippen molar-refractivity contribution in [3.8, 4) is 28.6 Å². The second-order valence-corrected chi connectivity index (χ2v) is 5.45. The molecule has 0 saturated carbocycles. The van der Waals surface area contributed by atoms with Crippen molar-refractivity contribution in [2.75, 3.05) is 0 Å². The zero-order valence-corrected chi connectivity index (χ0v) is 13.4. The summed E-state index contributed by atoms with van der Waals surface area (Å²) in [5.41, 5.74) is 1.00. The molecule has 25 heavy (non-hydrogen) atoms. The van der Waals surface area contributed by atoms with E-state index in [4.69, 9.17) is 4.52 Å². The van der Waals surface area contributed by atoms with Crippen molar-refractivity contribution >= 4 is 10.9 Å². The quantitative estimate of drug-likeness (QED) is 0.619. The molecule has 7 heteroatoms. The monoisotopic (exact) mass is 334 g/mol. The van der Waals surface area contributed by atoms with Gasteiger partial charge in [0.1, 0.15) is 11.3 Å². The van der Waals surface area contributed by atoms with Crippen LogP contribution in [-0.2, 0) is 6.54 Å². The van der Waals surface area contributed by atoms with Crippen LogP contribution in [0.5, 0.6) is 5.75 Å². The highest BCUT2D eigenvalue weighted by atomic mass is 16.5. The largest absolute Gasteiger partial charge is 0.506 e. The van der Waals surface area contributed by atoms with E-state index in [-0.39, 0.29) is 22.8 Å². The molecule has 4 rings (SSSR count). The summed E-state index contributed by atoms with van der Waals surface area (Å²) in [4.78, 5) is 21.1. The van der Waals surface area contributed by atoms with Gasteiger partial charge in [-0.2, -0.15) is 4.98 Å². The molecule has 0 fully saturated rings. The minimum atomic E-state index is -0.372.